The topological polar surface area (TPSA) is 38.3 Å². The van der Waals surface area contributed by atoms with Crippen LogP contribution in [0, 0.1) is 0 Å². The van der Waals surface area contributed by atoms with Crippen LogP contribution in [0.3, 0.4) is 0 Å². The molecule has 0 saturated carbocycles. The van der Waals surface area contributed by atoms with Crippen molar-refractivity contribution in [2.24, 2.45) is 0 Å². The van der Waals surface area contributed by atoms with Crippen molar-refractivity contribution in [3.8, 4) is 0 Å². The van der Waals surface area contributed by atoms with Gasteiger partial charge in [-0.15, -0.1) is 0 Å². The van der Waals surface area contributed by atoms with Gasteiger partial charge >= 0.3 is 5.51 Å². The van der Waals surface area contributed by atoms with Crippen LogP contribution in [-0.4, -0.2) is 11.4 Å². The van der Waals surface area contributed by atoms with Gasteiger partial charge in [0.1, 0.15) is 0 Å². The van der Waals surface area contributed by atoms with Gasteiger partial charge in [0.25, 0.3) is 5.91 Å². The number of nitrogens with one attached hydrogen (secondary N) is 1. The standard InChI is InChI=1S/C15H12F3NO2S/c16-15(17,18)22-13-8-6-12(7-9-13)14(20)19-21-10-11-4-2-1-3-5-11/h1-9H,10H2,(H,19,20). The molecule has 0 radical (unpaired) electrons. The molecule has 7 heteroatoms. The highest BCUT2D eigenvalue weighted by Crippen LogP contribution is 2.36. The van der Waals surface area contributed by atoms with E-state index in [1.54, 1.807) is 0 Å². The second kappa shape index (κ2) is 7.33. The average molecular weight is 327 g/mol. The van der Waals surface area contributed by atoms with E-state index in [4.69, 9.17) is 4.84 Å². The number of thioether (sulfide) groups is 1. The maximum absolute atomic E-state index is 12.2. The van der Waals surface area contributed by atoms with E-state index >= 15 is 0 Å². The van der Waals surface area contributed by atoms with Gasteiger partial charge in [0.2, 0.25) is 0 Å². The Balaban J connectivity index is 1.85. The number of benzene rings is 2. The number of rotatable bonds is 5. The normalized spacial score (nSPS) is 11.2. The molecule has 0 aromatic heterocycles. The Kier molecular flexibility index (Phi) is 5.46. The van der Waals surface area contributed by atoms with Crippen molar-refractivity contribution >= 4 is 17.7 Å². The fourth-order valence-corrected chi connectivity index (χ4v) is 2.17. The van der Waals surface area contributed by atoms with Crippen LogP contribution in [0.2, 0.25) is 0 Å². The molecule has 0 saturated heterocycles. The van der Waals surface area contributed by atoms with E-state index in [0.717, 1.165) is 5.56 Å². The Morgan fingerprint density at radius 3 is 2.27 bits per heavy atom. The first-order valence-corrected chi connectivity index (χ1v) is 7.07. The molecule has 1 N–H and O–H groups in total. The van der Waals surface area contributed by atoms with Gasteiger partial charge < -0.3 is 0 Å². The number of hydroxylamine groups is 1. The fourth-order valence-electron chi connectivity index (χ4n) is 1.63. The molecule has 0 bridgehead atoms. The SMILES string of the molecule is O=C(NOCc1ccccc1)c1ccc(SC(F)(F)F)cc1. The Morgan fingerprint density at radius 2 is 1.68 bits per heavy atom. The van der Waals surface area contributed by atoms with Crippen LogP contribution >= 0.6 is 11.8 Å². The zero-order chi connectivity index (χ0) is 16.0. The fraction of sp³-hybridized carbons (Fsp3) is 0.133. The first-order chi connectivity index (χ1) is 10.4. The Hall–Kier alpha value is -1.99. The zero-order valence-electron chi connectivity index (χ0n) is 11.3. The van der Waals surface area contributed by atoms with E-state index in [2.05, 4.69) is 5.48 Å². The number of alkyl halides is 3. The van der Waals surface area contributed by atoms with Crippen LogP contribution in [-0.2, 0) is 11.4 Å². The second-order valence-corrected chi connectivity index (χ2v) is 5.42. The highest BCUT2D eigenvalue weighted by Gasteiger charge is 2.29. The maximum Gasteiger partial charge on any atom is 0.446 e. The van der Waals surface area contributed by atoms with Crippen LogP contribution in [0.15, 0.2) is 59.5 Å². The van der Waals surface area contributed by atoms with Crippen LogP contribution in [0.5, 0.6) is 0 Å². The monoisotopic (exact) mass is 327 g/mol. The highest BCUT2D eigenvalue weighted by atomic mass is 32.2. The molecule has 2 aromatic carbocycles. The molecule has 2 rings (SSSR count). The summed E-state index contributed by atoms with van der Waals surface area (Å²) >= 11 is -0.227. The molecular weight excluding hydrogens is 315 g/mol. The lowest BCUT2D eigenvalue weighted by Crippen LogP contribution is -2.23. The second-order valence-electron chi connectivity index (χ2n) is 4.28. The third-order valence-corrected chi connectivity index (χ3v) is 3.34. The van der Waals surface area contributed by atoms with Crippen LogP contribution in [0.25, 0.3) is 0 Å². The van der Waals surface area contributed by atoms with E-state index in [-0.39, 0.29) is 28.8 Å². The summed E-state index contributed by atoms with van der Waals surface area (Å²) in [5.41, 5.74) is -0.987. The average Bonchev–Trinajstić information content (AvgIpc) is 2.47. The molecule has 0 fully saturated rings. The van der Waals surface area contributed by atoms with E-state index in [1.165, 1.54) is 24.3 Å². The summed E-state index contributed by atoms with van der Waals surface area (Å²) in [4.78, 5) is 16.9. The van der Waals surface area contributed by atoms with E-state index < -0.39 is 11.4 Å². The van der Waals surface area contributed by atoms with Gasteiger partial charge in [0.05, 0.1) is 6.61 Å². The van der Waals surface area contributed by atoms with Crippen molar-refractivity contribution < 1.29 is 22.8 Å². The molecule has 2 aromatic rings. The lowest BCUT2D eigenvalue weighted by atomic mass is 10.2. The molecule has 1 amide bonds. The minimum atomic E-state index is -4.34. The van der Waals surface area contributed by atoms with Crippen LogP contribution in [0.1, 0.15) is 15.9 Å². The predicted octanol–water partition coefficient (Wildman–Crippen LogP) is 4.16. The molecule has 3 nitrogen and oxygen atoms in total. The minimum Gasteiger partial charge on any atom is -0.269 e. The van der Waals surface area contributed by atoms with Gasteiger partial charge in [0.15, 0.2) is 0 Å². The molecule has 0 spiro atoms. The summed E-state index contributed by atoms with van der Waals surface area (Å²) in [5.74, 6) is -0.514. The molecule has 116 valence electrons. The lowest BCUT2D eigenvalue weighted by molar-refractivity contribution is -0.0328. The molecule has 0 aliphatic rings. The number of carbonyl (C=O) groups is 1. The van der Waals surface area contributed by atoms with Crippen molar-refractivity contribution in [1.29, 1.82) is 0 Å². The Labute approximate surface area is 129 Å². The smallest absolute Gasteiger partial charge is 0.269 e. The first kappa shape index (κ1) is 16.4. The summed E-state index contributed by atoms with van der Waals surface area (Å²) in [7, 11) is 0. The molecule has 0 atom stereocenters. The van der Waals surface area contributed by atoms with Gasteiger partial charge in [-0.2, -0.15) is 13.2 Å². The number of hydrogen-bond donors (Lipinski definition) is 1. The van der Waals surface area contributed by atoms with Crippen LogP contribution < -0.4 is 5.48 Å². The van der Waals surface area contributed by atoms with Crippen molar-refractivity contribution in [2.45, 2.75) is 17.0 Å². The Bertz CT molecular complexity index is 615. The van der Waals surface area contributed by atoms with Crippen LogP contribution in [0.4, 0.5) is 13.2 Å². The summed E-state index contributed by atoms with van der Waals surface area (Å²) in [6.07, 6.45) is 0. The number of halogens is 3. The highest BCUT2D eigenvalue weighted by molar-refractivity contribution is 8.00. The van der Waals surface area contributed by atoms with Gasteiger partial charge in [0, 0.05) is 10.5 Å². The van der Waals surface area contributed by atoms with E-state index in [1.807, 2.05) is 30.3 Å². The third-order valence-electron chi connectivity index (χ3n) is 2.60. The Morgan fingerprint density at radius 1 is 1.05 bits per heavy atom. The molecule has 0 aliphatic heterocycles. The molecule has 0 heterocycles. The van der Waals surface area contributed by atoms with Gasteiger partial charge in [-0.25, -0.2) is 5.48 Å². The van der Waals surface area contributed by atoms with Crippen molar-refractivity contribution in [3.05, 3.63) is 65.7 Å². The largest absolute Gasteiger partial charge is 0.446 e. The van der Waals surface area contributed by atoms with E-state index in [9.17, 15) is 18.0 Å². The minimum absolute atomic E-state index is 0.0225. The number of amides is 1. The quantitative estimate of drug-likeness (QED) is 0.662. The first-order valence-electron chi connectivity index (χ1n) is 6.26. The van der Waals surface area contributed by atoms with Gasteiger partial charge in [-0.1, -0.05) is 30.3 Å². The summed E-state index contributed by atoms with van der Waals surface area (Å²) < 4.78 is 36.6. The zero-order valence-corrected chi connectivity index (χ0v) is 12.1. The molecule has 0 aliphatic carbocycles. The molecule has 0 unspecified atom stereocenters. The van der Waals surface area contributed by atoms with Crippen molar-refractivity contribution in [1.82, 2.24) is 5.48 Å². The summed E-state index contributed by atoms with van der Waals surface area (Å²) in [6, 6.07) is 14.3. The maximum atomic E-state index is 12.2. The predicted molar refractivity (Wildman–Crippen MR) is 77.1 cm³/mol. The molecular formula is C15H12F3NO2S. The number of carbonyl (C=O) groups excluding carboxylic acids is 1. The lowest BCUT2D eigenvalue weighted by Gasteiger charge is -2.08. The van der Waals surface area contributed by atoms with Gasteiger partial charge in [-0.3, -0.25) is 9.63 Å². The summed E-state index contributed by atoms with van der Waals surface area (Å²) in [5, 5.41) is 0. The van der Waals surface area contributed by atoms with E-state index in [0.29, 0.717) is 0 Å². The third kappa shape index (κ3) is 5.42. The van der Waals surface area contributed by atoms with Crippen molar-refractivity contribution in [2.75, 3.05) is 0 Å². The van der Waals surface area contributed by atoms with Crippen molar-refractivity contribution in [3.63, 3.8) is 0 Å². The van der Waals surface area contributed by atoms with Gasteiger partial charge in [-0.05, 0) is 41.6 Å². The summed E-state index contributed by atoms with van der Waals surface area (Å²) in [6.45, 7) is 0.203. The molecule has 22 heavy (non-hydrogen) atoms. The number of hydrogen-bond acceptors (Lipinski definition) is 3.